The van der Waals surface area contributed by atoms with Gasteiger partial charge < -0.3 is 20.1 Å². The van der Waals surface area contributed by atoms with Gasteiger partial charge in [0.2, 0.25) is 5.91 Å². The predicted octanol–water partition coefficient (Wildman–Crippen LogP) is 1.84. The number of nitrogens with one attached hydrogen (secondary N) is 1. The molecule has 0 aromatic heterocycles. The van der Waals surface area contributed by atoms with E-state index in [9.17, 15) is 14.4 Å². The smallest absolute Gasteiger partial charge is 0.305 e. The molecule has 148 valence electrons. The van der Waals surface area contributed by atoms with E-state index >= 15 is 0 Å². The molecule has 0 aliphatic carbocycles. The molecule has 7 nitrogen and oxygen atoms in total. The van der Waals surface area contributed by atoms with Crippen molar-refractivity contribution >= 4 is 17.8 Å². The van der Waals surface area contributed by atoms with Crippen molar-refractivity contribution in [1.82, 2.24) is 10.2 Å². The van der Waals surface area contributed by atoms with Crippen LogP contribution in [0.15, 0.2) is 24.3 Å². The number of carbonyl (C=O) groups is 3. The second kappa shape index (κ2) is 8.99. The highest BCUT2D eigenvalue weighted by molar-refractivity contribution is 5.98. The molecule has 1 aromatic rings. The summed E-state index contributed by atoms with van der Waals surface area (Å²) in [5, 5.41) is 12.0. The minimum Gasteiger partial charge on any atom is -0.481 e. The van der Waals surface area contributed by atoms with E-state index in [0.29, 0.717) is 18.5 Å². The lowest BCUT2D eigenvalue weighted by Gasteiger charge is -2.30. The highest BCUT2D eigenvalue weighted by atomic mass is 16.5. The highest BCUT2D eigenvalue weighted by Gasteiger charge is 2.40. The molecule has 1 aromatic carbocycles. The van der Waals surface area contributed by atoms with Gasteiger partial charge in [-0.25, -0.2) is 0 Å². The summed E-state index contributed by atoms with van der Waals surface area (Å²) in [6.45, 7) is 5.89. The Kier molecular flexibility index (Phi) is 6.96. The zero-order chi connectivity index (χ0) is 20.1. The number of carbonyl (C=O) groups excluding carboxylic acids is 2. The molecule has 27 heavy (non-hydrogen) atoms. The van der Waals surface area contributed by atoms with Gasteiger partial charge >= 0.3 is 5.97 Å². The van der Waals surface area contributed by atoms with E-state index in [4.69, 9.17) is 9.84 Å². The Morgan fingerprint density at radius 1 is 1.30 bits per heavy atom. The lowest BCUT2D eigenvalue weighted by Crippen LogP contribution is -2.53. The minimum absolute atomic E-state index is 0.137. The van der Waals surface area contributed by atoms with Gasteiger partial charge in [-0.05, 0) is 30.9 Å². The maximum Gasteiger partial charge on any atom is 0.305 e. The fourth-order valence-corrected chi connectivity index (χ4v) is 3.45. The monoisotopic (exact) mass is 376 g/mol. The Morgan fingerprint density at radius 3 is 2.52 bits per heavy atom. The zero-order valence-electron chi connectivity index (χ0n) is 16.3. The molecule has 7 heteroatoms. The van der Waals surface area contributed by atoms with E-state index in [-0.39, 0.29) is 30.3 Å². The van der Waals surface area contributed by atoms with Crippen molar-refractivity contribution in [3.8, 4) is 0 Å². The summed E-state index contributed by atoms with van der Waals surface area (Å²) in [5.41, 5.74) is 1.35. The number of carboxylic acid groups (broad SMARTS) is 1. The average Bonchev–Trinajstić information content (AvgIpc) is 3.01. The first-order valence-corrected chi connectivity index (χ1v) is 9.16. The molecule has 2 rings (SSSR count). The van der Waals surface area contributed by atoms with Gasteiger partial charge in [0.05, 0.1) is 12.5 Å². The molecular formula is C20H28N2O5. The summed E-state index contributed by atoms with van der Waals surface area (Å²) >= 11 is 0. The molecule has 1 saturated heterocycles. The molecule has 2 amide bonds. The van der Waals surface area contributed by atoms with E-state index < -0.39 is 18.1 Å². The van der Waals surface area contributed by atoms with Gasteiger partial charge in [0, 0.05) is 25.3 Å². The van der Waals surface area contributed by atoms with E-state index in [2.05, 4.69) is 5.32 Å². The molecule has 2 N–H and O–H groups in total. The van der Waals surface area contributed by atoms with Gasteiger partial charge in [-0.1, -0.05) is 32.0 Å². The average molecular weight is 376 g/mol. The summed E-state index contributed by atoms with van der Waals surface area (Å²) in [7, 11) is 1.55. The zero-order valence-corrected chi connectivity index (χ0v) is 16.3. The molecule has 0 spiro atoms. The molecule has 0 bridgehead atoms. The van der Waals surface area contributed by atoms with Gasteiger partial charge in [0.25, 0.3) is 5.91 Å². The molecule has 1 aliphatic rings. The lowest BCUT2D eigenvalue weighted by molar-refractivity contribution is -0.140. The van der Waals surface area contributed by atoms with Crippen molar-refractivity contribution in [3.05, 3.63) is 35.4 Å². The number of hydrogen-bond donors (Lipinski definition) is 2. The van der Waals surface area contributed by atoms with E-state index in [1.807, 2.05) is 32.9 Å². The SMILES string of the molecule is COC1CC(CC(=O)O)N(C(=O)C(NC(=O)c2ccccc2C)C(C)C)C1. The van der Waals surface area contributed by atoms with Crippen LogP contribution >= 0.6 is 0 Å². The van der Waals surface area contributed by atoms with E-state index in [0.717, 1.165) is 5.56 Å². The molecule has 1 heterocycles. The Morgan fingerprint density at radius 2 is 1.96 bits per heavy atom. The van der Waals surface area contributed by atoms with Gasteiger partial charge in [0.15, 0.2) is 0 Å². The number of ether oxygens (including phenoxy) is 1. The number of rotatable bonds is 7. The number of hydrogen-bond acceptors (Lipinski definition) is 4. The first-order chi connectivity index (χ1) is 12.7. The summed E-state index contributed by atoms with van der Waals surface area (Å²) in [4.78, 5) is 38.6. The van der Waals surface area contributed by atoms with Crippen LogP contribution in [0.1, 0.15) is 42.6 Å². The topological polar surface area (TPSA) is 95.9 Å². The number of benzene rings is 1. The quantitative estimate of drug-likeness (QED) is 0.757. The molecule has 0 radical (unpaired) electrons. The Hall–Kier alpha value is -2.41. The minimum atomic E-state index is -0.959. The van der Waals surface area contributed by atoms with Crippen LogP contribution in [0.3, 0.4) is 0 Å². The summed E-state index contributed by atoms with van der Waals surface area (Å²) in [6, 6.07) is 6.02. The van der Waals surface area contributed by atoms with Crippen molar-refractivity contribution in [1.29, 1.82) is 0 Å². The third-order valence-electron chi connectivity index (χ3n) is 5.01. The van der Waals surface area contributed by atoms with Crippen LogP contribution in [0.5, 0.6) is 0 Å². The Balaban J connectivity index is 2.19. The van der Waals surface area contributed by atoms with Crippen LogP contribution in [0.2, 0.25) is 0 Å². The van der Waals surface area contributed by atoms with Gasteiger partial charge in [-0.3, -0.25) is 14.4 Å². The van der Waals surface area contributed by atoms with Gasteiger partial charge in [0.1, 0.15) is 6.04 Å². The van der Waals surface area contributed by atoms with Crippen LogP contribution in [-0.2, 0) is 14.3 Å². The third kappa shape index (κ3) is 5.07. The van der Waals surface area contributed by atoms with E-state index in [1.54, 1.807) is 24.1 Å². The van der Waals surface area contributed by atoms with Crippen LogP contribution < -0.4 is 5.32 Å². The number of methoxy groups -OCH3 is 1. The predicted molar refractivity (Wildman–Crippen MR) is 100 cm³/mol. The Labute approximate surface area is 159 Å². The largest absolute Gasteiger partial charge is 0.481 e. The highest BCUT2D eigenvalue weighted by Crippen LogP contribution is 2.25. The molecule has 3 unspecified atom stereocenters. The van der Waals surface area contributed by atoms with Crippen molar-refractivity contribution in [3.63, 3.8) is 0 Å². The van der Waals surface area contributed by atoms with Crippen molar-refractivity contribution in [2.24, 2.45) is 5.92 Å². The molecule has 1 fully saturated rings. The van der Waals surface area contributed by atoms with Crippen LogP contribution in [0.4, 0.5) is 0 Å². The second-order valence-corrected chi connectivity index (χ2v) is 7.35. The standard InChI is InChI=1S/C20H28N2O5/c1-12(2)18(21-19(25)16-8-6-5-7-13(16)3)20(26)22-11-15(27-4)9-14(22)10-17(23)24/h5-8,12,14-15,18H,9-11H2,1-4H3,(H,21,25)(H,23,24). The van der Waals surface area contributed by atoms with E-state index in [1.165, 1.54) is 0 Å². The molecule has 1 aliphatic heterocycles. The van der Waals surface area contributed by atoms with Crippen molar-refractivity contribution < 1.29 is 24.2 Å². The summed E-state index contributed by atoms with van der Waals surface area (Å²) in [5.74, 6) is -1.67. The van der Waals surface area contributed by atoms with Gasteiger partial charge in [-0.15, -0.1) is 0 Å². The number of aryl methyl sites for hydroxylation is 1. The van der Waals surface area contributed by atoms with Crippen LogP contribution in [0.25, 0.3) is 0 Å². The maximum atomic E-state index is 13.2. The number of likely N-dealkylation sites (tertiary alicyclic amines) is 1. The van der Waals surface area contributed by atoms with Crippen molar-refractivity contribution in [2.45, 2.75) is 51.8 Å². The maximum absolute atomic E-state index is 13.2. The molecular weight excluding hydrogens is 348 g/mol. The Bertz CT molecular complexity index is 703. The fraction of sp³-hybridized carbons (Fsp3) is 0.550. The first kappa shape index (κ1) is 20.9. The summed E-state index contributed by atoms with van der Waals surface area (Å²) < 4.78 is 5.34. The second-order valence-electron chi connectivity index (χ2n) is 7.35. The van der Waals surface area contributed by atoms with Crippen LogP contribution in [0, 0.1) is 12.8 Å². The van der Waals surface area contributed by atoms with Crippen molar-refractivity contribution in [2.75, 3.05) is 13.7 Å². The number of aliphatic carboxylic acids is 1. The number of carboxylic acids is 1. The molecule has 0 saturated carbocycles. The normalized spacial score (nSPS) is 20.6. The number of nitrogens with zero attached hydrogens (tertiary/aromatic N) is 1. The fourth-order valence-electron chi connectivity index (χ4n) is 3.45. The van der Waals surface area contributed by atoms with Crippen LogP contribution in [-0.4, -0.2) is 59.6 Å². The van der Waals surface area contributed by atoms with Gasteiger partial charge in [-0.2, -0.15) is 0 Å². The first-order valence-electron chi connectivity index (χ1n) is 9.16. The number of amides is 2. The third-order valence-corrected chi connectivity index (χ3v) is 5.01. The molecule has 3 atom stereocenters. The summed E-state index contributed by atoms with van der Waals surface area (Å²) in [6.07, 6.45) is 0.144. The lowest BCUT2D eigenvalue weighted by atomic mass is 10.0.